The lowest BCUT2D eigenvalue weighted by Gasteiger charge is -2.21. The predicted molar refractivity (Wildman–Crippen MR) is 94.4 cm³/mol. The van der Waals surface area contributed by atoms with Gasteiger partial charge in [-0.1, -0.05) is 42.5 Å². The molecule has 2 aromatic rings. The molecule has 3 rings (SSSR count). The van der Waals surface area contributed by atoms with Crippen molar-refractivity contribution in [3.8, 4) is 5.75 Å². The Morgan fingerprint density at radius 3 is 2.44 bits per heavy atom. The van der Waals surface area contributed by atoms with Gasteiger partial charge in [-0.15, -0.1) is 0 Å². The van der Waals surface area contributed by atoms with Gasteiger partial charge in [-0.3, -0.25) is 15.0 Å². The van der Waals surface area contributed by atoms with Crippen LogP contribution in [0.25, 0.3) is 0 Å². The molecule has 0 aliphatic carbocycles. The van der Waals surface area contributed by atoms with Crippen LogP contribution in [0.3, 0.4) is 0 Å². The van der Waals surface area contributed by atoms with E-state index in [1.54, 1.807) is 7.11 Å². The Kier molecular flexibility index (Phi) is 5.30. The molecule has 2 aromatic carbocycles. The maximum Gasteiger partial charge on any atom is 0.324 e. The van der Waals surface area contributed by atoms with Crippen LogP contribution in [0.1, 0.15) is 17.2 Å². The van der Waals surface area contributed by atoms with Crippen LogP contribution in [0.15, 0.2) is 54.6 Å². The number of nitrogens with zero attached hydrogens (tertiary/aromatic N) is 1. The fraction of sp³-hybridized carbons (Fsp3) is 0.263. The smallest absolute Gasteiger partial charge is 0.324 e. The highest BCUT2D eigenvalue weighted by atomic mass is 16.5. The van der Waals surface area contributed by atoms with Crippen LogP contribution in [0.5, 0.6) is 5.75 Å². The number of nitrogens with one attached hydrogen (secondary N) is 2. The van der Waals surface area contributed by atoms with E-state index in [1.165, 1.54) is 4.90 Å². The van der Waals surface area contributed by atoms with Crippen molar-refractivity contribution in [2.24, 2.45) is 0 Å². The highest BCUT2D eigenvalue weighted by Crippen LogP contribution is 2.24. The van der Waals surface area contributed by atoms with Crippen molar-refractivity contribution in [2.75, 3.05) is 26.7 Å². The van der Waals surface area contributed by atoms with Crippen molar-refractivity contribution >= 4 is 11.9 Å². The second-order valence-corrected chi connectivity index (χ2v) is 5.78. The average molecular weight is 339 g/mol. The summed E-state index contributed by atoms with van der Waals surface area (Å²) in [5.74, 6) is 0.546. The normalized spacial score (nSPS) is 14.9. The molecule has 6 nitrogen and oxygen atoms in total. The van der Waals surface area contributed by atoms with E-state index in [9.17, 15) is 9.59 Å². The number of hydrogen-bond donors (Lipinski definition) is 2. The minimum atomic E-state index is -0.326. The van der Waals surface area contributed by atoms with Gasteiger partial charge in [-0.2, -0.15) is 0 Å². The highest BCUT2D eigenvalue weighted by molar-refractivity contribution is 5.96. The molecule has 1 unspecified atom stereocenters. The molecule has 0 spiro atoms. The summed E-state index contributed by atoms with van der Waals surface area (Å²) >= 11 is 0. The maximum absolute atomic E-state index is 12.3. The second-order valence-electron chi connectivity index (χ2n) is 5.78. The maximum atomic E-state index is 12.3. The molecule has 1 heterocycles. The van der Waals surface area contributed by atoms with Gasteiger partial charge >= 0.3 is 6.03 Å². The zero-order valence-electron chi connectivity index (χ0n) is 14.1. The Morgan fingerprint density at radius 1 is 1.16 bits per heavy atom. The Hall–Kier alpha value is -2.86. The van der Waals surface area contributed by atoms with E-state index in [-0.39, 0.29) is 24.5 Å². The quantitative estimate of drug-likeness (QED) is 0.844. The van der Waals surface area contributed by atoms with Gasteiger partial charge in [-0.05, 0) is 23.3 Å². The summed E-state index contributed by atoms with van der Waals surface area (Å²) in [5, 5.41) is 5.91. The third kappa shape index (κ3) is 3.97. The van der Waals surface area contributed by atoms with Crippen molar-refractivity contribution in [2.45, 2.75) is 6.04 Å². The Balaban J connectivity index is 1.77. The average Bonchev–Trinajstić information content (AvgIpc) is 3.09. The summed E-state index contributed by atoms with van der Waals surface area (Å²) in [6, 6.07) is 17.1. The largest absolute Gasteiger partial charge is 0.497 e. The second kappa shape index (κ2) is 7.81. The lowest BCUT2D eigenvalue weighted by atomic mass is 9.98. The zero-order valence-corrected chi connectivity index (χ0v) is 14.1. The standard InChI is InChI=1S/C19H21N3O3/c1-25-16-9-7-15(8-10-16)18(14-5-3-2-4-6-14)21-13-17(23)22-12-11-20-19(22)24/h2-10,18,21H,11-13H2,1H3,(H,20,24). The molecule has 3 amide bonds. The monoisotopic (exact) mass is 339 g/mol. The summed E-state index contributed by atoms with van der Waals surface area (Å²) < 4.78 is 5.21. The summed E-state index contributed by atoms with van der Waals surface area (Å²) in [5.41, 5.74) is 2.07. The van der Waals surface area contributed by atoms with Gasteiger partial charge in [0.05, 0.1) is 19.7 Å². The molecule has 1 atom stereocenters. The van der Waals surface area contributed by atoms with Crippen LogP contribution in [-0.4, -0.2) is 43.6 Å². The van der Waals surface area contributed by atoms with E-state index in [4.69, 9.17) is 4.74 Å². The Bertz CT molecular complexity index is 731. The third-order valence-corrected chi connectivity index (χ3v) is 4.20. The van der Waals surface area contributed by atoms with Crippen LogP contribution >= 0.6 is 0 Å². The third-order valence-electron chi connectivity index (χ3n) is 4.20. The summed E-state index contributed by atoms with van der Waals surface area (Å²) in [6.45, 7) is 1.00. The number of methoxy groups -OCH3 is 1. The van der Waals surface area contributed by atoms with Gasteiger partial charge < -0.3 is 10.1 Å². The number of benzene rings is 2. The molecule has 0 aromatic heterocycles. The minimum absolute atomic E-state index is 0.0824. The Morgan fingerprint density at radius 2 is 1.84 bits per heavy atom. The van der Waals surface area contributed by atoms with Crippen molar-refractivity contribution in [1.29, 1.82) is 0 Å². The predicted octanol–water partition coefficient (Wildman–Crippen LogP) is 1.93. The van der Waals surface area contributed by atoms with Gasteiger partial charge in [0, 0.05) is 13.1 Å². The van der Waals surface area contributed by atoms with Gasteiger partial charge in [0.1, 0.15) is 5.75 Å². The van der Waals surface area contributed by atoms with E-state index >= 15 is 0 Å². The SMILES string of the molecule is COc1ccc(C(NCC(=O)N2CCNC2=O)c2ccccc2)cc1. The Labute approximate surface area is 146 Å². The number of carbonyl (C=O) groups is 2. The molecule has 0 bridgehead atoms. The molecule has 6 heteroatoms. The lowest BCUT2D eigenvalue weighted by molar-refractivity contribution is -0.126. The van der Waals surface area contributed by atoms with E-state index in [1.807, 2.05) is 54.6 Å². The molecule has 1 aliphatic heterocycles. The molecule has 2 N–H and O–H groups in total. The van der Waals surface area contributed by atoms with Crippen molar-refractivity contribution in [1.82, 2.24) is 15.5 Å². The van der Waals surface area contributed by atoms with Crippen LogP contribution in [0, 0.1) is 0 Å². The summed E-state index contributed by atoms with van der Waals surface area (Å²) in [7, 11) is 1.63. The van der Waals surface area contributed by atoms with E-state index in [0.717, 1.165) is 16.9 Å². The number of carbonyl (C=O) groups excluding carboxylic acids is 2. The highest BCUT2D eigenvalue weighted by Gasteiger charge is 2.26. The first-order chi connectivity index (χ1) is 12.2. The van der Waals surface area contributed by atoms with Crippen LogP contribution < -0.4 is 15.4 Å². The van der Waals surface area contributed by atoms with Crippen molar-refractivity contribution in [3.63, 3.8) is 0 Å². The molecule has 0 radical (unpaired) electrons. The number of ether oxygens (including phenoxy) is 1. The molecule has 0 saturated carbocycles. The number of urea groups is 1. The van der Waals surface area contributed by atoms with Crippen molar-refractivity contribution in [3.05, 3.63) is 65.7 Å². The zero-order chi connectivity index (χ0) is 17.6. The molecule has 1 saturated heterocycles. The van der Waals surface area contributed by atoms with Gasteiger partial charge in [0.2, 0.25) is 5.91 Å². The molecule has 130 valence electrons. The first-order valence-electron chi connectivity index (χ1n) is 8.19. The number of rotatable bonds is 6. The minimum Gasteiger partial charge on any atom is -0.497 e. The number of hydrogen-bond acceptors (Lipinski definition) is 4. The van der Waals surface area contributed by atoms with Crippen molar-refractivity contribution < 1.29 is 14.3 Å². The topological polar surface area (TPSA) is 70.7 Å². The van der Waals surface area contributed by atoms with E-state index in [0.29, 0.717) is 13.1 Å². The summed E-state index contributed by atoms with van der Waals surface area (Å²) in [4.78, 5) is 25.2. The summed E-state index contributed by atoms with van der Waals surface area (Å²) in [6.07, 6.45) is 0. The number of imide groups is 1. The van der Waals surface area contributed by atoms with Crippen LogP contribution in [-0.2, 0) is 4.79 Å². The molecule has 25 heavy (non-hydrogen) atoms. The van der Waals surface area contributed by atoms with Gasteiger partial charge in [0.15, 0.2) is 0 Å². The number of amides is 3. The molecular weight excluding hydrogens is 318 g/mol. The molecular formula is C19H21N3O3. The van der Waals surface area contributed by atoms with E-state index < -0.39 is 0 Å². The van der Waals surface area contributed by atoms with Gasteiger partial charge in [0.25, 0.3) is 0 Å². The first-order valence-corrected chi connectivity index (χ1v) is 8.19. The van der Waals surface area contributed by atoms with Crippen LogP contribution in [0.4, 0.5) is 4.79 Å². The van der Waals surface area contributed by atoms with Gasteiger partial charge in [-0.25, -0.2) is 4.79 Å². The first kappa shape index (κ1) is 17.0. The van der Waals surface area contributed by atoms with E-state index in [2.05, 4.69) is 10.6 Å². The molecule has 1 aliphatic rings. The van der Waals surface area contributed by atoms with Crippen LogP contribution in [0.2, 0.25) is 0 Å². The lowest BCUT2D eigenvalue weighted by Crippen LogP contribution is -2.41. The molecule has 1 fully saturated rings. The fourth-order valence-electron chi connectivity index (χ4n) is 2.86. The fourth-order valence-corrected chi connectivity index (χ4v) is 2.86.